The molecule has 2 amide bonds. The molecule has 1 saturated heterocycles. The van der Waals surface area contributed by atoms with Gasteiger partial charge in [0.2, 0.25) is 11.8 Å². The van der Waals surface area contributed by atoms with E-state index in [0.717, 1.165) is 31.6 Å². The van der Waals surface area contributed by atoms with Gasteiger partial charge in [0.25, 0.3) is 0 Å². The second-order valence-electron chi connectivity index (χ2n) is 5.31. The van der Waals surface area contributed by atoms with E-state index in [1.165, 1.54) is 17.7 Å². The Morgan fingerprint density at radius 3 is 2.24 bits per heavy atom. The lowest BCUT2D eigenvalue weighted by Crippen LogP contribution is -2.45. The molecule has 21 heavy (non-hydrogen) atoms. The van der Waals surface area contributed by atoms with Crippen molar-refractivity contribution in [3.8, 4) is 0 Å². The van der Waals surface area contributed by atoms with E-state index in [1.54, 1.807) is 0 Å². The van der Waals surface area contributed by atoms with Crippen molar-refractivity contribution in [3.63, 3.8) is 0 Å². The summed E-state index contributed by atoms with van der Waals surface area (Å²) in [6.45, 7) is 1.55. The smallest absolute Gasteiger partial charge is 0.242 e. The lowest BCUT2D eigenvalue weighted by Gasteiger charge is -2.26. The number of nitrogens with two attached hydrogens (primary N) is 1. The Hall–Kier alpha value is -1.88. The number of para-hydroxylation sites is 1. The lowest BCUT2D eigenvalue weighted by atomic mass is 10.2. The predicted octanol–water partition coefficient (Wildman–Crippen LogP) is 1.38. The molecule has 0 atom stereocenters. The van der Waals surface area contributed by atoms with Crippen LogP contribution in [-0.2, 0) is 9.59 Å². The van der Waals surface area contributed by atoms with Crippen molar-refractivity contribution in [1.82, 2.24) is 4.90 Å². The molecule has 0 saturated carbocycles. The van der Waals surface area contributed by atoms with E-state index in [4.69, 9.17) is 5.73 Å². The molecule has 0 aliphatic carbocycles. The zero-order valence-electron chi connectivity index (χ0n) is 12.3. The largest absolute Gasteiger partial charge is 0.341 e. The zero-order valence-corrected chi connectivity index (χ0v) is 12.3. The van der Waals surface area contributed by atoms with Gasteiger partial charge < -0.3 is 15.5 Å². The number of amides is 2. The molecule has 1 aliphatic heterocycles. The number of carbonyl (C=O) groups is 2. The van der Waals surface area contributed by atoms with Gasteiger partial charge in [-0.05, 0) is 25.0 Å². The van der Waals surface area contributed by atoms with Gasteiger partial charge in [0.1, 0.15) is 6.54 Å². The molecule has 1 aliphatic rings. The summed E-state index contributed by atoms with van der Waals surface area (Å²) in [5, 5.41) is 0. The highest BCUT2D eigenvalue weighted by molar-refractivity contribution is 5.99. The monoisotopic (exact) mass is 289 g/mol. The summed E-state index contributed by atoms with van der Waals surface area (Å²) in [4.78, 5) is 27.8. The SMILES string of the molecule is NCC(=O)N(CC(=O)N1CCCCCC1)c1ccccc1. The molecule has 1 aromatic rings. The standard InChI is InChI=1S/C16H23N3O2/c17-12-15(20)19(14-8-4-3-5-9-14)13-16(21)18-10-6-1-2-7-11-18/h3-5,8-9H,1-2,6-7,10-13,17H2. The first-order chi connectivity index (χ1) is 10.2. The summed E-state index contributed by atoms with van der Waals surface area (Å²) in [6, 6.07) is 9.23. The zero-order chi connectivity index (χ0) is 15.1. The van der Waals surface area contributed by atoms with E-state index in [2.05, 4.69) is 0 Å². The van der Waals surface area contributed by atoms with E-state index >= 15 is 0 Å². The summed E-state index contributed by atoms with van der Waals surface area (Å²) >= 11 is 0. The van der Waals surface area contributed by atoms with Crippen LogP contribution in [0.1, 0.15) is 25.7 Å². The topological polar surface area (TPSA) is 66.6 Å². The van der Waals surface area contributed by atoms with Gasteiger partial charge in [-0.15, -0.1) is 0 Å². The molecule has 0 spiro atoms. The van der Waals surface area contributed by atoms with Crippen LogP contribution in [-0.4, -0.2) is 42.9 Å². The minimum absolute atomic E-state index is 0.00236. The minimum atomic E-state index is -0.232. The van der Waals surface area contributed by atoms with Crippen molar-refractivity contribution in [2.75, 3.05) is 31.1 Å². The van der Waals surface area contributed by atoms with Gasteiger partial charge in [-0.3, -0.25) is 9.59 Å². The second kappa shape index (κ2) is 7.78. The van der Waals surface area contributed by atoms with Gasteiger partial charge in [0.05, 0.1) is 6.54 Å². The molecule has 1 heterocycles. The van der Waals surface area contributed by atoms with Crippen molar-refractivity contribution in [1.29, 1.82) is 0 Å². The molecule has 5 nitrogen and oxygen atoms in total. The summed E-state index contributed by atoms with van der Waals surface area (Å²) < 4.78 is 0. The van der Waals surface area contributed by atoms with Crippen LogP contribution >= 0.6 is 0 Å². The molecule has 2 N–H and O–H groups in total. The molecule has 0 aromatic heterocycles. The molecule has 0 radical (unpaired) electrons. The fourth-order valence-corrected chi connectivity index (χ4v) is 2.60. The minimum Gasteiger partial charge on any atom is -0.341 e. The first-order valence-corrected chi connectivity index (χ1v) is 7.55. The Labute approximate surface area is 125 Å². The van der Waals surface area contributed by atoms with Crippen LogP contribution in [0.5, 0.6) is 0 Å². The molecular weight excluding hydrogens is 266 g/mol. The van der Waals surface area contributed by atoms with Gasteiger partial charge in [-0.25, -0.2) is 0 Å². The molecule has 5 heteroatoms. The Bertz CT molecular complexity index is 468. The summed E-state index contributed by atoms with van der Waals surface area (Å²) in [7, 11) is 0. The maximum atomic E-state index is 12.4. The van der Waals surface area contributed by atoms with E-state index in [9.17, 15) is 9.59 Å². The van der Waals surface area contributed by atoms with Gasteiger partial charge >= 0.3 is 0 Å². The molecule has 0 unspecified atom stereocenters. The Morgan fingerprint density at radius 1 is 1.05 bits per heavy atom. The van der Waals surface area contributed by atoms with Gasteiger partial charge in [-0.1, -0.05) is 31.0 Å². The quantitative estimate of drug-likeness (QED) is 0.910. The molecule has 114 valence electrons. The third-order valence-corrected chi connectivity index (χ3v) is 3.80. The number of anilines is 1. The maximum absolute atomic E-state index is 12.4. The van der Waals surface area contributed by atoms with E-state index < -0.39 is 0 Å². The van der Waals surface area contributed by atoms with E-state index in [0.29, 0.717) is 0 Å². The summed E-state index contributed by atoms with van der Waals surface area (Å²) in [5.41, 5.74) is 6.19. The fourth-order valence-electron chi connectivity index (χ4n) is 2.60. The fraction of sp³-hybridized carbons (Fsp3) is 0.500. The molecular formula is C16H23N3O2. The van der Waals surface area contributed by atoms with Gasteiger partial charge in [0, 0.05) is 18.8 Å². The number of nitrogens with zero attached hydrogens (tertiary/aromatic N) is 2. The Kier molecular flexibility index (Phi) is 5.75. The van der Waals surface area contributed by atoms with Crippen molar-refractivity contribution in [3.05, 3.63) is 30.3 Å². The summed E-state index contributed by atoms with van der Waals surface area (Å²) in [5.74, 6) is -0.230. The third kappa shape index (κ3) is 4.29. The highest BCUT2D eigenvalue weighted by Gasteiger charge is 2.22. The van der Waals surface area contributed by atoms with Crippen molar-refractivity contribution in [2.24, 2.45) is 5.73 Å². The molecule has 1 aromatic carbocycles. The van der Waals surface area contributed by atoms with Crippen LogP contribution in [0.25, 0.3) is 0 Å². The van der Waals surface area contributed by atoms with Crippen LogP contribution < -0.4 is 10.6 Å². The van der Waals surface area contributed by atoms with Crippen LogP contribution in [0.4, 0.5) is 5.69 Å². The number of likely N-dealkylation sites (tertiary alicyclic amines) is 1. The van der Waals surface area contributed by atoms with E-state index in [1.807, 2.05) is 35.2 Å². The van der Waals surface area contributed by atoms with Gasteiger partial charge in [-0.2, -0.15) is 0 Å². The van der Waals surface area contributed by atoms with Crippen molar-refractivity contribution < 1.29 is 9.59 Å². The Balaban J connectivity index is 2.07. The maximum Gasteiger partial charge on any atom is 0.242 e. The number of carbonyl (C=O) groups excluding carboxylic acids is 2. The third-order valence-electron chi connectivity index (χ3n) is 3.80. The average Bonchev–Trinajstić information content (AvgIpc) is 2.82. The van der Waals surface area contributed by atoms with Crippen molar-refractivity contribution in [2.45, 2.75) is 25.7 Å². The van der Waals surface area contributed by atoms with Gasteiger partial charge in [0.15, 0.2) is 0 Å². The molecule has 0 bridgehead atoms. The summed E-state index contributed by atoms with van der Waals surface area (Å²) in [6.07, 6.45) is 4.44. The number of hydrogen-bond acceptors (Lipinski definition) is 3. The van der Waals surface area contributed by atoms with Crippen LogP contribution in [0, 0.1) is 0 Å². The first-order valence-electron chi connectivity index (χ1n) is 7.55. The number of hydrogen-bond donors (Lipinski definition) is 1. The predicted molar refractivity (Wildman–Crippen MR) is 82.9 cm³/mol. The normalized spacial score (nSPS) is 15.4. The van der Waals surface area contributed by atoms with Crippen LogP contribution in [0.15, 0.2) is 30.3 Å². The highest BCUT2D eigenvalue weighted by atomic mass is 16.2. The highest BCUT2D eigenvalue weighted by Crippen LogP contribution is 2.15. The lowest BCUT2D eigenvalue weighted by molar-refractivity contribution is -0.131. The second-order valence-corrected chi connectivity index (χ2v) is 5.31. The molecule has 1 fully saturated rings. The number of benzene rings is 1. The van der Waals surface area contributed by atoms with E-state index in [-0.39, 0.29) is 24.9 Å². The average molecular weight is 289 g/mol. The first kappa shape index (κ1) is 15.5. The molecule has 2 rings (SSSR count). The van der Waals surface area contributed by atoms with Crippen LogP contribution in [0.3, 0.4) is 0 Å². The Morgan fingerprint density at radius 2 is 1.67 bits per heavy atom. The van der Waals surface area contributed by atoms with Crippen LogP contribution in [0.2, 0.25) is 0 Å². The van der Waals surface area contributed by atoms with Crippen molar-refractivity contribution >= 4 is 17.5 Å². The number of rotatable bonds is 4.